The smallest absolute Gasteiger partial charge is 0.245 e. The van der Waals surface area contributed by atoms with Crippen LogP contribution >= 0.6 is 11.6 Å². The molecule has 0 aromatic heterocycles. The van der Waals surface area contributed by atoms with Gasteiger partial charge >= 0.3 is 0 Å². The molecule has 0 aliphatic carbocycles. The van der Waals surface area contributed by atoms with Gasteiger partial charge in [0.05, 0.1) is 10.6 Å². The molecule has 162 valence electrons. The number of fused-ring (bicyclic) bond motifs is 1. The number of ether oxygens (including phenoxy) is 1. The predicted octanol–water partition coefficient (Wildman–Crippen LogP) is 6.99. The quantitative estimate of drug-likeness (QED) is 0.204. The van der Waals surface area contributed by atoms with E-state index in [0.29, 0.717) is 39.9 Å². The molecular formula is C24H31ClN2O3. The first-order valence-electron chi connectivity index (χ1n) is 11.0. The second-order valence-electron chi connectivity index (χ2n) is 7.79. The summed E-state index contributed by atoms with van der Waals surface area (Å²) >= 11 is 6.27. The Morgan fingerprint density at radius 2 is 1.63 bits per heavy atom. The number of phenols is 2. The van der Waals surface area contributed by atoms with Crippen LogP contribution in [0.15, 0.2) is 35.4 Å². The fourth-order valence-electron chi connectivity index (χ4n) is 3.72. The number of unbranched alkanes of at least 4 members (excludes halogenated alkanes) is 8. The number of phenolic OH excluding ortho intramolecular Hbond substituents is 2. The largest absolute Gasteiger partial charge is 0.504 e. The van der Waals surface area contributed by atoms with E-state index < -0.39 is 0 Å². The van der Waals surface area contributed by atoms with Gasteiger partial charge < -0.3 is 14.9 Å². The van der Waals surface area contributed by atoms with Crippen LogP contribution in [0.25, 0.3) is 0 Å². The van der Waals surface area contributed by atoms with Gasteiger partial charge in [-0.15, -0.1) is 5.10 Å². The number of anilines is 1. The molecule has 0 amide bonds. The molecule has 0 radical (unpaired) electrons. The van der Waals surface area contributed by atoms with Crippen LogP contribution in [0, 0.1) is 0 Å². The maximum absolute atomic E-state index is 10.5. The van der Waals surface area contributed by atoms with Crippen molar-refractivity contribution in [2.45, 2.75) is 71.1 Å². The lowest BCUT2D eigenvalue weighted by atomic mass is 10.0. The highest BCUT2D eigenvalue weighted by atomic mass is 35.5. The van der Waals surface area contributed by atoms with E-state index in [1.807, 2.05) is 18.2 Å². The summed E-state index contributed by atoms with van der Waals surface area (Å²) < 4.78 is 6.03. The molecule has 0 unspecified atom stereocenters. The van der Waals surface area contributed by atoms with E-state index in [9.17, 15) is 10.2 Å². The third-order valence-electron chi connectivity index (χ3n) is 5.44. The Balaban J connectivity index is 1.61. The van der Waals surface area contributed by atoms with Crippen LogP contribution in [0.3, 0.4) is 0 Å². The average Bonchev–Trinajstić information content (AvgIpc) is 2.75. The zero-order valence-electron chi connectivity index (χ0n) is 17.6. The van der Waals surface area contributed by atoms with Gasteiger partial charge in [-0.3, -0.25) is 5.43 Å². The number of nitrogens with zero attached hydrogens (tertiary/aromatic N) is 1. The van der Waals surface area contributed by atoms with Gasteiger partial charge in [0.25, 0.3) is 0 Å². The molecule has 0 saturated carbocycles. The lowest BCUT2D eigenvalue weighted by Gasteiger charge is -2.22. The number of hydrogen-bond donors (Lipinski definition) is 3. The van der Waals surface area contributed by atoms with Crippen molar-refractivity contribution in [3.63, 3.8) is 0 Å². The van der Waals surface area contributed by atoms with Crippen molar-refractivity contribution in [1.82, 2.24) is 0 Å². The normalized spacial score (nSPS) is 12.7. The number of hydrazone groups is 1. The van der Waals surface area contributed by atoms with E-state index in [0.717, 1.165) is 12.8 Å². The van der Waals surface area contributed by atoms with Gasteiger partial charge in [0.15, 0.2) is 17.2 Å². The second kappa shape index (κ2) is 11.1. The van der Waals surface area contributed by atoms with Crippen molar-refractivity contribution in [2.75, 3.05) is 5.43 Å². The van der Waals surface area contributed by atoms with Gasteiger partial charge in [0, 0.05) is 11.6 Å². The van der Waals surface area contributed by atoms with Crippen molar-refractivity contribution >= 4 is 23.2 Å². The van der Waals surface area contributed by atoms with Crippen molar-refractivity contribution in [3.8, 4) is 17.2 Å². The van der Waals surface area contributed by atoms with Gasteiger partial charge in [0.1, 0.15) is 5.69 Å². The number of nitrogens with one attached hydrogen (secondary N) is 1. The Bertz CT molecular complexity index is 883. The minimum absolute atomic E-state index is 0.129. The molecule has 6 heteroatoms. The molecule has 3 N–H and O–H groups in total. The van der Waals surface area contributed by atoms with Crippen LogP contribution in [0.4, 0.5) is 5.69 Å². The Kier molecular flexibility index (Phi) is 8.26. The Labute approximate surface area is 183 Å². The average molecular weight is 431 g/mol. The fraction of sp³-hybridized carbons (Fsp3) is 0.458. The van der Waals surface area contributed by atoms with Gasteiger partial charge in [-0.2, -0.15) is 0 Å². The number of aromatic hydroxyl groups is 2. The molecule has 1 heterocycles. The molecule has 1 aliphatic rings. The first kappa shape index (κ1) is 22.3. The van der Waals surface area contributed by atoms with Crippen LogP contribution < -0.4 is 10.2 Å². The zero-order chi connectivity index (χ0) is 21.3. The van der Waals surface area contributed by atoms with Crippen LogP contribution in [0.2, 0.25) is 5.02 Å². The minimum atomic E-state index is -0.174. The first-order chi connectivity index (χ1) is 14.6. The molecule has 0 spiro atoms. The highest BCUT2D eigenvalue weighted by molar-refractivity contribution is 6.34. The van der Waals surface area contributed by atoms with Gasteiger partial charge in [0.2, 0.25) is 5.90 Å². The summed E-state index contributed by atoms with van der Waals surface area (Å²) in [5.74, 6) is 0.531. The maximum Gasteiger partial charge on any atom is 0.245 e. The van der Waals surface area contributed by atoms with Crippen LogP contribution in [-0.4, -0.2) is 16.1 Å². The second-order valence-corrected chi connectivity index (χ2v) is 8.20. The molecule has 0 bridgehead atoms. The van der Waals surface area contributed by atoms with Crippen molar-refractivity contribution in [2.24, 2.45) is 5.10 Å². The molecule has 0 atom stereocenters. The summed E-state index contributed by atoms with van der Waals surface area (Å²) in [6.07, 6.45) is 11.6. The summed E-state index contributed by atoms with van der Waals surface area (Å²) in [5, 5.41) is 25.3. The fourth-order valence-corrected chi connectivity index (χ4v) is 3.94. The summed E-state index contributed by atoms with van der Waals surface area (Å²) in [4.78, 5) is 0. The summed E-state index contributed by atoms with van der Waals surface area (Å²) in [7, 11) is 0. The lowest BCUT2D eigenvalue weighted by Crippen LogP contribution is -2.19. The SMILES string of the molecule is CCCCCCCCCCCc1c(O)c(O)cc2c1OC(c1ccccc1Cl)=NN2. The number of rotatable bonds is 11. The molecule has 3 rings (SSSR count). The molecule has 2 aromatic carbocycles. The van der Waals surface area contributed by atoms with E-state index in [1.54, 1.807) is 6.07 Å². The van der Waals surface area contributed by atoms with E-state index in [1.165, 1.54) is 51.0 Å². The summed E-state index contributed by atoms with van der Waals surface area (Å²) in [6, 6.07) is 8.73. The minimum Gasteiger partial charge on any atom is -0.504 e. The molecule has 5 nitrogen and oxygen atoms in total. The molecular weight excluding hydrogens is 400 g/mol. The molecule has 1 aliphatic heterocycles. The van der Waals surface area contributed by atoms with E-state index in [4.69, 9.17) is 16.3 Å². The van der Waals surface area contributed by atoms with Crippen molar-refractivity contribution in [3.05, 3.63) is 46.5 Å². The Hall–Kier alpha value is -2.40. The molecule has 30 heavy (non-hydrogen) atoms. The monoisotopic (exact) mass is 430 g/mol. The standard InChI is InChI=1S/C24H31ClN2O3/c1-2-3-4-5-6-7-8-9-10-14-18-22(29)21(28)16-20-23(18)30-24(27-26-20)17-13-11-12-15-19(17)25/h11-13,15-16,26,28-29H,2-10,14H2,1H3. The third kappa shape index (κ3) is 5.60. The van der Waals surface area contributed by atoms with E-state index in [-0.39, 0.29) is 11.5 Å². The van der Waals surface area contributed by atoms with Crippen LogP contribution in [0.5, 0.6) is 17.2 Å². The zero-order valence-corrected chi connectivity index (χ0v) is 18.3. The van der Waals surface area contributed by atoms with E-state index in [2.05, 4.69) is 17.5 Å². The summed E-state index contributed by atoms with van der Waals surface area (Å²) in [5.41, 5.74) is 4.71. The number of benzene rings is 2. The van der Waals surface area contributed by atoms with E-state index >= 15 is 0 Å². The van der Waals surface area contributed by atoms with Crippen molar-refractivity contribution < 1.29 is 14.9 Å². The predicted molar refractivity (Wildman–Crippen MR) is 123 cm³/mol. The highest BCUT2D eigenvalue weighted by Crippen LogP contribution is 2.44. The van der Waals surface area contributed by atoms with Gasteiger partial charge in [-0.05, 0) is 25.0 Å². The molecule has 0 saturated heterocycles. The molecule has 2 aromatic rings. The third-order valence-corrected chi connectivity index (χ3v) is 5.77. The topological polar surface area (TPSA) is 74.1 Å². The van der Waals surface area contributed by atoms with Crippen LogP contribution in [0.1, 0.15) is 75.8 Å². The maximum atomic E-state index is 10.5. The van der Waals surface area contributed by atoms with Gasteiger partial charge in [-0.1, -0.05) is 82.0 Å². The van der Waals surface area contributed by atoms with Gasteiger partial charge in [-0.25, -0.2) is 0 Å². The van der Waals surface area contributed by atoms with Crippen LogP contribution in [-0.2, 0) is 6.42 Å². The first-order valence-corrected chi connectivity index (χ1v) is 11.3. The lowest BCUT2D eigenvalue weighted by molar-refractivity contribution is 0.393. The van der Waals surface area contributed by atoms with Crippen molar-refractivity contribution in [1.29, 1.82) is 0 Å². The summed E-state index contributed by atoms with van der Waals surface area (Å²) in [6.45, 7) is 2.23. The Morgan fingerprint density at radius 1 is 0.967 bits per heavy atom. The highest BCUT2D eigenvalue weighted by Gasteiger charge is 2.25. The number of halogens is 1. The number of hydrogen-bond acceptors (Lipinski definition) is 5. The Morgan fingerprint density at radius 3 is 2.33 bits per heavy atom. The molecule has 0 fully saturated rings.